The van der Waals surface area contributed by atoms with Crippen molar-refractivity contribution in [2.24, 2.45) is 0 Å². The average Bonchev–Trinajstić information content (AvgIpc) is 2.94. The highest BCUT2D eigenvalue weighted by Crippen LogP contribution is 2.30. The Balaban J connectivity index is 1.54. The number of carbonyl (C=O) groups excluding carboxylic acids is 2. The van der Waals surface area contributed by atoms with Gasteiger partial charge in [-0.05, 0) is 48.7 Å². The second-order valence-electron chi connectivity index (χ2n) is 8.57. The molecule has 1 aliphatic heterocycles. The highest BCUT2D eigenvalue weighted by molar-refractivity contribution is 6.07. The van der Waals surface area contributed by atoms with Gasteiger partial charge in [-0.15, -0.1) is 0 Å². The van der Waals surface area contributed by atoms with Gasteiger partial charge in [-0.25, -0.2) is 9.69 Å². The number of imide groups is 1. The van der Waals surface area contributed by atoms with Gasteiger partial charge >= 0.3 is 6.03 Å². The van der Waals surface area contributed by atoms with Gasteiger partial charge in [0.2, 0.25) is 0 Å². The lowest BCUT2D eigenvalue weighted by molar-refractivity contribution is -0.901. The van der Waals surface area contributed by atoms with E-state index < -0.39 is 5.54 Å². The number of nitrogens with one attached hydrogen (secondary N) is 2. The third kappa shape index (κ3) is 3.57. The maximum atomic E-state index is 13.3. The van der Waals surface area contributed by atoms with Gasteiger partial charge in [-0.3, -0.25) is 4.79 Å². The molecule has 1 fully saturated rings. The van der Waals surface area contributed by atoms with Crippen molar-refractivity contribution in [3.8, 4) is 0 Å². The lowest BCUT2D eigenvalue weighted by Crippen LogP contribution is -3.09. The zero-order chi connectivity index (χ0) is 21.5. The maximum absolute atomic E-state index is 13.3. The number of urea groups is 1. The summed E-state index contributed by atoms with van der Waals surface area (Å²) in [6, 6.07) is 20.0. The molecule has 1 heterocycles. The van der Waals surface area contributed by atoms with Crippen molar-refractivity contribution >= 4 is 22.7 Å². The van der Waals surface area contributed by atoms with Crippen molar-refractivity contribution in [1.82, 2.24) is 10.2 Å². The number of carbonyl (C=O) groups is 2. The summed E-state index contributed by atoms with van der Waals surface area (Å²) in [5.41, 5.74) is 3.43. The van der Waals surface area contributed by atoms with E-state index in [1.54, 1.807) is 6.92 Å². The van der Waals surface area contributed by atoms with Crippen LogP contribution in [0.5, 0.6) is 0 Å². The highest BCUT2D eigenvalue weighted by atomic mass is 16.2. The molecule has 0 radical (unpaired) electrons. The van der Waals surface area contributed by atoms with Crippen LogP contribution in [0.3, 0.4) is 0 Å². The monoisotopic (exact) mass is 402 g/mol. The van der Waals surface area contributed by atoms with Crippen LogP contribution < -0.4 is 10.2 Å². The standard InChI is InChI=1S/C25H27N3O2/c1-17-9-10-21(18(2)13-17)15-27(4)16-28-23(29)25(3,26-24(28)30)22-12-11-19-7-5-6-8-20(19)14-22/h5-14H,15-16H2,1-4H3,(H,26,30)/p+1/t25-/m1/s1. The first-order valence-electron chi connectivity index (χ1n) is 10.3. The summed E-state index contributed by atoms with van der Waals surface area (Å²) in [6.45, 7) is 7.03. The average molecular weight is 403 g/mol. The number of rotatable bonds is 5. The van der Waals surface area contributed by atoms with E-state index in [9.17, 15) is 9.59 Å². The van der Waals surface area contributed by atoms with Gasteiger partial charge < -0.3 is 10.2 Å². The van der Waals surface area contributed by atoms with Gasteiger partial charge in [0.15, 0.2) is 6.67 Å². The molecule has 3 amide bonds. The van der Waals surface area contributed by atoms with Crippen molar-refractivity contribution in [3.63, 3.8) is 0 Å². The Morgan fingerprint density at radius 1 is 0.967 bits per heavy atom. The van der Waals surface area contributed by atoms with E-state index >= 15 is 0 Å². The third-order valence-corrected chi connectivity index (χ3v) is 6.02. The van der Waals surface area contributed by atoms with Crippen molar-refractivity contribution < 1.29 is 14.5 Å². The second kappa shape index (κ2) is 7.58. The molecule has 0 aromatic heterocycles. The molecule has 0 bridgehead atoms. The summed E-state index contributed by atoms with van der Waals surface area (Å²) in [5, 5.41) is 5.08. The molecular formula is C25H28N3O2+. The summed E-state index contributed by atoms with van der Waals surface area (Å²) >= 11 is 0. The summed E-state index contributed by atoms with van der Waals surface area (Å²) in [4.78, 5) is 28.4. The van der Waals surface area contributed by atoms with E-state index in [1.165, 1.54) is 21.6 Å². The first kappa shape index (κ1) is 20.1. The van der Waals surface area contributed by atoms with Crippen LogP contribution in [0.25, 0.3) is 10.8 Å². The fraction of sp³-hybridized carbons (Fsp3) is 0.280. The Hall–Kier alpha value is -3.18. The van der Waals surface area contributed by atoms with E-state index in [2.05, 4.69) is 37.4 Å². The van der Waals surface area contributed by atoms with Gasteiger partial charge in [-0.2, -0.15) is 0 Å². The van der Waals surface area contributed by atoms with Crippen LogP contribution in [-0.4, -0.2) is 30.6 Å². The van der Waals surface area contributed by atoms with Gasteiger partial charge in [0.1, 0.15) is 12.1 Å². The second-order valence-corrected chi connectivity index (χ2v) is 8.57. The largest absolute Gasteiger partial charge is 0.329 e. The predicted octanol–water partition coefficient (Wildman–Crippen LogP) is 2.90. The van der Waals surface area contributed by atoms with Gasteiger partial charge in [0, 0.05) is 5.56 Å². The molecule has 1 unspecified atom stereocenters. The molecule has 1 saturated heterocycles. The molecule has 2 N–H and O–H groups in total. The minimum absolute atomic E-state index is 0.206. The summed E-state index contributed by atoms with van der Waals surface area (Å²) < 4.78 is 0. The van der Waals surface area contributed by atoms with Crippen LogP contribution in [0.4, 0.5) is 4.79 Å². The minimum Gasteiger partial charge on any atom is -0.319 e. The molecule has 3 aromatic carbocycles. The fourth-order valence-electron chi connectivity index (χ4n) is 4.23. The number of quaternary nitrogens is 1. The molecular weight excluding hydrogens is 374 g/mol. The SMILES string of the molecule is Cc1ccc(C[NH+](C)CN2C(=O)N[C@](C)(c3ccc4ccccc4c3)C2=O)c(C)c1. The fourth-order valence-corrected chi connectivity index (χ4v) is 4.23. The Morgan fingerprint density at radius 3 is 2.43 bits per heavy atom. The topological polar surface area (TPSA) is 53.9 Å². The summed E-state index contributed by atoms with van der Waals surface area (Å²) in [7, 11) is 2.01. The van der Waals surface area contributed by atoms with Crippen molar-refractivity contribution in [2.45, 2.75) is 32.9 Å². The molecule has 4 rings (SSSR count). The molecule has 1 aliphatic rings. The predicted molar refractivity (Wildman–Crippen MR) is 118 cm³/mol. The Morgan fingerprint density at radius 2 is 1.70 bits per heavy atom. The summed E-state index contributed by atoms with van der Waals surface area (Å²) in [6.07, 6.45) is 0. The molecule has 3 aromatic rings. The third-order valence-electron chi connectivity index (χ3n) is 6.02. The quantitative estimate of drug-likeness (QED) is 0.645. The number of fused-ring (bicyclic) bond motifs is 1. The van der Waals surface area contributed by atoms with Crippen LogP contribution in [0.2, 0.25) is 0 Å². The van der Waals surface area contributed by atoms with E-state index in [0.29, 0.717) is 6.67 Å². The van der Waals surface area contributed by atoms with E-state index in [4.69, 9.17) is 0 Å². The molecule has 30 heavy (non-hydrogen) atoms. The number of hydrogen-bond donors (Lipinski definition) is 2. The van der Waals surface area contributed by atoms with Crippen LogP contribution >= 0.6 is 0 Å². The smallest absolute Gasteiger partial charge is 0.319 e. The number of hydrogen-bond acceptors (Lipinski definition) is 2. The van der Waals surface area contributed by atoms with Gasteiger partial charge in [0.25, 0.3) is 5.91 Å². The van der Waals surface area contributed by atoms with Crippen LogP contribution in [0.1, 0.15) is 29.2 Å². The van der Waals surface area contributed by atoms with Crippen LogP contribution in [0, 0.1) is 13.8 Å². The number of amides is 3. The van der Waals surface area contributed by atoms with E-state index in [-0.39, 0.29) is 11.9 Å². The number of benzene rings is 3. The zero-order valence-corrected chi connectivity index (χ0v) is 18.0. The first-order chi connectivity index (χ1) is 14.3. The lowest BCUT2D eigenvalue weighted by atomic mass is 9.90. The number of aryl methyl sites for hydroxylation is 2. The molecule has 2 atom stereocenters. The van der Waals surface area contributed by atoms with Gasteiger partial charge in [-0.1, -0.05) is 60.2 Å². The molecule has 0 spiro atoms. The number of nitrogens with zero attached hydrogens (tertiary/aromatic N) is 1. The molecule has 0 saturated carbocycles. The Kier molecular flexibility index (Phi) is 5.08. The molecule has 154 valence electrons. The normalized spacial score (nSPS) is 19.9. The van der Waals surface area contributed by atoms with Crippen LogP contribution in [-0.2, 0) is 16.9 Å². The van der Waals surface area contributed by atoms with Crippen molar-refractivity contribution in [3.05, 3.63) is 82.9 Å². The minimum atomic E-state index is -1.05. The first-order valence-corrected chi connectivity index (χ1v) is 10.3. The maximum Gasteiger partial charge on any atom is 0.329 e. The summed E-state index contributed by atoms with van der Waals surface area (Å²) in [5.74, 6) is -0.206. The molecule has 5 heteroatoms. The lowest BCUT2D eigenvalue weighted by Gasteiger charge is -2.24. The van der Waals surface area contributed by atoms with Crippen LogP contribution in [0.15, 0.2) is 60.7 Å². The van der Waals surface area contributed by atoms with E-state index in [0.717, 1.165) is 27.8 Å². The Bertz CT molecular complexity index is 1140. The molecule has 5 nitrogen and oxygen atoms in total. The molecule has 0 aliphatic carbocycles. The Labute approximate surface area is 177 Å². The zero-order valence-electron chi connectivity index (χ0n) is 18.0. The van der Waals surface area contributed by atoms with E-state index in [1.807, 2.05) is 49.5 Å². The van der Waals surface area contributed by atoms with Crippen molar-refractivity contribution in [2.75, 3.05) is 13.7 Å². The van der Waals surface area contributed by atoms with Crippen molar-refractivity contribution in [1.29, 1.82) is 0 Å². The van der Waals surface area contributed by atoms with Gasteiger partial charge in [0.05, 0.1) is 7.05 Å². The highest BCUT2D eigenvalue weighted by Gasteiger charge is 2.50.